The van der Waals surface area contributed by atoms with E-state index in [0.717, 1.165) is 38.5 Å². The smallest absolute Gasteiger partial charge is 0.243 e. The zero-order valence-electron chi connectivity index (χ0n) is 17.7. The number of rotatable bonds is 8. The van der Waals surface area contributed by atoms with Gasteiger partial charge in [-0.15, -0.1) is 0 Å². The Hall–Kier alpha value is -1.55. The third-order valence-electron chi connectivity index (χ3n) is 6.06. The minimum atomic E-state index is -3.88. The molecule has 2 saturated heterocycles. The summed E-state index contributed by atoms with van der Waals surface area (Å²) in [7, 11) is -3.88. The zero-order valence-corrected chi connectivity index (χ0v) is 18.5. The second-order valence-electron chi connectivity index (χ2n) is 8.12. The standard InChI is InChI=1S/C21H33FN4O3S/c1-18-5-2-3-11-24(18)15-16-26(12-8-21(27)25-13-9-23-10-14-25)30(28,29)20-7-4-6-19(22)17-20/h4,6-7,17-18,23H,2-3,5,8-16H2,1H3/t18-/m1/s1. The van der Waals surface area contributed by atoms with E-state index in [4.69, 9.17) is 0 Å². The van der Waals surface area contributed by atoms with E-state index in [1.54, 1.807) is 4.90 Å². The predicted octanol–water partition coefficient (Wildman–Crippen LogP) is 1.51. The summed E-state index contributed by atoms with van der Waals surface area (Å²) >= 11 is 0. The summed E-state index contributed by atoms with van der Waals surface area (Å²) in [6.45, 7) is 6.90. The van der Waals surface area contributed by atoms with Gasteiger partial charge in [-0.05, 0) is 44.5 Å². The van der Waals surface area contributed by atoms with Crippen LogP contribution in [0.5, 0.6) is 0 Å². The molecule has 0 bridgehead atoms. The van der Waals surface area contributed by atoms with Crippen molar-refractivity contribution in [1.82, 2.24) is 19.4 Å². The molecular weight excluding hydrogens is 407 g/mol. The first kappa shape index (κ1) is 23.1. The van der Waals surface area contributed by atoms with Crippen molar-refractivity contribution >= 4 is 15.9 Å². The van der Waals surface area contributed by atoms with E-state index < -0.39 is 15.8 Å². The number of piperazine rings is 1. The van der Waals surface area contributed by atoms with Crippen LogP contribution in [0, 0.1) is 5.82 Å². The highest BCUT2D eigenvalue weighted by atomic mass is 32.2. The van der Waals surface area contributed by atoms with Crippen molar-refractivity contribution in [3.63, 3.8) is 0 Å². The molecule has 30 heavy (non-hydrogen) atoms. The van der Waals surface area contributed by atoms with Crippen LogP contribution < -0.4 is 5.32 Å². The summed E-state index contributed by atoms with van der Waals surface area (Å²) in [5.41, 5.74) is 0. The van der Waals surface area contributed by atoms with Gasteiger partial charge in [-0.25, -0.2) is 12.8 Å². The van der Waals surface area contributed by atoms with Gasteiger partial charge >= 0.3 is 0 Å². The van der Waals surface area contributed by atoms with Crippen molar-refractivity contribution in [2.24, 2.45) is 0 Å². The van der Waals surface area contributed by atoms with E-state index >= 15 is 0 Å². The van der Waals surface area contributed by atoms with Crippen molar-refractivity contribution < 1.29 is 17.6 Å². The number of sulfonamides is 1. The van der Waals surface area contributed by atoms with Crippen LogP contribution in [-0.4, -0.2) is 86.8 Å². The second kappa shape index (κ2) is 10.7. The number of nitrogens with one attached hydrogen (secondary N) is 1. The minimum absolute atomic E-state index is 0.0396. The molecule has 9 heteroatoms. The van der Waals surface area contributed by atoms with E-state index in [-0.39, 0.29) is 30.3 Å². The molecule has 2 aliphatic rings. The minimum Gasteiger partial charge on any atom is -0.340 e. The van der Waals surface area contributed by atoms with Gasteiger partial charge < -0.3 is 10.2 Å². The molecule has 2 aliphatic heterocycles. The third-order valence-corrected chi connectivity index (χ3v) is 7.95. The van der Waals surface area contributed by atoms with E-state index in [1.807, 2.05) is 0 Å². The molecule has 1 N–H and O–H groups in total. The molecule has 0 saturated carbocycles. The fourth-order valence-corrected chi connectivity index (χ4v) is 5.62. The summed E-state index contributed by atoms with van der Waals surface area (Å²) in [6.07, 6.45) is 3.55. The molecule has 0 aliphatic carbocycles. The highest BCUT2D eigenvalue weighted by Gasteiger charge is 2.28. The molecule has 0 aromatic heterocycles. The fraction of sp³-hybridized carbons (Fsp3) is 0.667. The topological polar surface area (TPSA) is 73.0 Å². The lowest BCUT2D eigenvalue weighted by Gasteiger charge is -2.35. The first-order valence-electron chi connectivity index (χ1n) is 10.9. The van der Waals surface area contributed by atoms with Crippen LogP contribution in [0.3, 0.4) is 0 Å². The SMILES string of the molecule is C[C@@H]1CCCCN1CCN(CCC(=O)N1CCNCC1)S(=O)(=O)c1cccc(F)c1. The number of piperidine rings is 1. The van der Waals surface area contributed by atoms with Gasteiger partial charge in [0.25, 0.3) is 0 Å². The lowest BCUT2D eigenvalue weighted by molar-refractivity contribution is -0.131. The Bertz CT molecular complexity index is 814. The van der Waals surface area contributed by atoms with Gasteiger partial charge in [-0.2, -0.15) is 4.31 Å². The van der Waals surface area contributed by atoms with Crippen molar-refractivity contribution in [3.05, 3.63) is 30.1 Å². The number of carbonyl (C=O) groups excluding carboxylic acids is 1. The molecule has 3 rings (SSSR count). The van der Waals surface area contributed by atoms with E-state index in [1.165, 1.54) is 28.9 Å². The zero-order chi connectivity index (χ0) is 21.6. The highest BCUT2D eigenvalue weighted by Crippen LogP contribution is 2.20. The summed E-state index contributed by atoms with van der Waals surface area (Å²) in [5, 5.41) is 3.21. The van der Waals surface area contributed by atoms with Crippen molar-refractivity contribution in [3.8, 4) is 0 Å². The number of halogens is 1. The second-order valence-corrected chi connectivity index (χ2v) is 10.1. The van der Waals surface area contributed by atoms with E-state index in [9.17, 15) is 17.6 Å². The Balaban J connectivity index is 1.70. The number of hydrogen-bond acceptors (Lipinski definition) is 5. The van der Waals surface area contributed by atoms with Gasteiger partial charge in [0, 0.05) is 58.3 Å². The van der Waals surface area contributed by atoms with Crippen molar-refractivity contribution in [2.75, 3.05) is 52.4 Å². The van der Waals surface area contributed by atoms with Crippen LogP contribution in [0.1, 0.15) is 32.6 Å². The molecule has 1 aromatic rings. The van der Waals surface area contributed by atoms with Crippen molar-refractivity contribution in [1.29, 1.82) is 0 Å². The number of nitrogens with zero attached hydrogens (tertiary/aromatic N) is 3. The average Bonchev–Trinajstić information content (AvgIpc) is 2.75. The summed E-state index contributed by atoms with van der Waals surface area (Å²) in [5.74, 6) is -0.625. The maximum absolute atomic E-state index is 13.7. The maximum atomic E-state index is 13.7. The summed E-state index contributed by atoms with van der Waals surface area (Å²) in [4.78, 5) is 16.6. The molecule has 168 valence electrons. The Labute approximate surface area is 179 Å². The third kappa shape index (κ3) is 6.00. The molecule has 7 nitrogen and oxygen atoms in total. The Kier molecular flexibility index (Phi) is 8.21. The number of hydrogen-bond donors (Lipinski definition) is 1. The van der Waals surface area contributed by atoms with E-state index in [0.29, 0.717) is 25.7 Å². The van der Waals surface area contributed by atoms with Crippen LogP contribution in [0.15, 0.2) is 29.2 Å². The van der Waals surface area contributed by atoms with Gasteiger partial charge in [0.2, 0.25) is 15.9 Å². The number of likely N-dealkylation sites (tertiary alicyclic amines) is 1. The predicted molar refractivity (Wildman–Crippen MR) is 114 cm³/mol. The number of amides is 1. The highest BCUT2D eigenvalue weighted by molar-refractivity contribution is 7.89. The van der Waals surface area contributed by atoms with Gasteiger partial charge in [0.1, 0.15) is 5.82 Å². The van der Waals surface area contributed by atoms with Gasteiger partial charge in [0.15, 0.2) is 0 Å². The van der Waals surface area contributed by atoms with E-state index in [2.05, 4.69) is 17.1 Å². The van der Waals surface area contributed by atoms with Gasteiger partial charge in [0.05, 0.1) is 4.90 Å². The maximum Gasteiger partial charge on any atom is 0.243 e. The van der Waals surface area contributed by atoms with Crippen molar-refractivity contribution in [2.45, 2.75) is 43.5 Å². The molecule has 2 heterocycles. The van der Waals surface area contributed by atoms with Crippen LogP contribution >= 0.6 is 0 Å². The Morgan fingerprint density at radius 3 is 2.67 bits per heavy atom. The molecule has 1 aromatic carbocycles. The first-order chi connectivity index (χ1) is 14.4. The summed E-state index contributed by atoms with van der Waals surface area (Å²) in [6, 6.07) is 5.50. The Morgan fingerprint density at radius 1 is 1.20 bits per heavy atom. The molecule has 0 unspecified atom stereocenters. The molecule has 2 fully saturated rings. The largest absolute Gasteiger partial charge is 0.340 e. The van der Waals surface area contributed by atoms with Crippen LogP contribution in [0.4, 0.5) is 4.39 Å². The monoisotopic (exact) mass is 440 g/mol. The molecule has 0 spiro atoms. The number of benzene rings is 1. The quantitative estimate of drug-likeness (QED) is 0.664. The Morgan fingerprint density at radius 2 is 1.97 bits per heavy atom. The van der Waals surface area contributed by atoms with Crippen LogP contribution in [0.25, 0.3) is 0 Å². The molecule has 1 amide bonds. The molecule has 1 atom stereocenters. The van der Waals surface area contributed by atoms with Gasteiger partial charge in [-0.1, -0.05) is 12.5 Å². The normalized spacial score (nSPS) is 21.2. The van der Waals surface area contributed by atoms with Crippen LogP contribution in [0.2, 0.25) is 0 Å². The lowest BCUT2D eigenvalue weighted by atomic mass is 10.0. The van der Waals surface area contributed by atoms with Gasteiger partial charge in [-0.3, -0.25) is 9.69 Å². The van der Waals surface area contributed by atoms with Crippen LogP contribution in [-0.2, 0) is 14.8 Å². The lowest BCUT2D eigenvalue weighted by Crippen LogP contribution is -2.48. The average molecular weight is 441 g/mol. The first-order valence-corrected chi connectivity index (χ1v) is 12.3. The molecule has 0 radical (unpaired) electrons. The molecular formula is C21H33FN4O3S. The fourth-order valence-electron chi connectivity index (χ4n) is 4.15. The number of carbonyl (C=O) groups is 1. The summed E-state index contributed by atoms with van der Waals surface area (Å²) < 4.78 is 41.5.